The molecule has 19 heavy (non-hydrogen) atoms. The minimum absolute atomic E-state index is 0.0688. The Morgan fingerprint density at radius 1 is 1.37 bits per heavy atom. The van der Waals surface area contributed by atoms with Crippen LogP contribution in [0.3, 0.4) is 0 Å². The van der Waals surface area contributed by atoms with E-state index in [1.165, 1.54) is 13.1 Å². The molecule has 0 fully saturated rings. The van der Waals surface area contributed by atoms with Crippen LogP contribution in [0.1, 0.15) is 29.8 Å². The van der Waals surface area contributed by atoms with Crippen molar-refractivity contribution in [3.05, 3.63) is 29.3 Å². The molecule has 0 aliphatic heterocycles. The lowest BCUT2D eigenvalue weighted by Gasteiger charge is -2.23. The highest BCUT2D eigenvalue weighted by Gasteiger charge is 2.23. The fourth-order valence-corrected chi connectivity index (χ4v) is 2.69. The number of carboxylic acid groups (broad SMARTS) is 1. The molecular weight excluding hydrogens is 268 g/mol. The second-order valence-corrected chi connectivity index (χ2v) is 6.25. The Bertz CT molecular complexity index is 581. The second kappa shape index (κ2) is 5.58. The van der Waals surface area contributed by atoms with Crippen molar-refractivity contribution in [2.75, 3.05) is 11.8 Å². The predicted molar refractivity (Wildman–Crippen MR) is 73.6 cm³/mol. The molecule has 1 rings (SSSR count). The number of nitrogens with zero attached hydrogens (tertiary/aromatic N) is 1. The first kappa shape index (κ1) is 15.5. The maximum Gasteiger partial charge on any atom is 0.337 e. The van der Waals surface area contributed by atoms with Gasteiger partial charge >= 0.3 is 16.2 Å². The normalized spacial score (nSPS) is 11.9. The van der Waals surface area contributed by atoms with E-state index in [1.807, 2.05) is 0 Å². The fourth-order valence-electron chi connectivity index (χ4n) is 1.46. The van der Waals surface area contributed by atoms with Crippen LogP contribution in [0.4, 0.5) is 5.69 Å². The topological polar surface area (TPSA) is 86.7 Å². The third kappa shape index (κ3) is 3.45. The summed E-state index contributed by atoms with van der Waals surface area (Å²) < 4.78 is 27.7. The van der Waals surface area contributed by atoms with E-state index in [1.54, 1.807) is 32.9 Å². The number of benzene rings is 1. The van der Waals surface area contributed by atoms with Gasteiger partial charge in [-0.2, -0.15) is 12.7 Å². The van der Waals surface area contributed by atoms with Crippen LogP contribution in [-0.2, 0) is 10.2 Å². The van der Waals surface area contributed by atoms with Crippen LogP contribution in [0, 0.1) is 6.92 Å². The van der Waals surface area contributed by atoms with Gasteiger partial charge in [-0.15, -0.1) is 0 Å². The van der Waals surface area contributed by atoms with Crippen molar-refractivity contribution in [2.45, 2.75) is 26.8 Å². The number of nitrogens with one attached hydrogen (secondary N) is 1. The van der Waals surface area contributed by atoms with E-state index in [-0.39, 0.29) is 17.3 Å². The number of aromatic carboxylic acids is 1. The molecule has 0 amide bonds. The highest BCUT2D eigenvalue weighted by Crippen LogP contribution is 2.22. The third-order valence-corrected chi connectivity index (χ3v) is 4.48. The zero-order valence-corrected chi connectivity index (χ0v) is 12.2. The van der Waals surface area contributed by atoms with E-state index in [2.05, 4.69) is 4.72 Å². The van der Waals surface area contributed by atoms with Crippen molar-refractivity contribution in [1.29, 1.82) is 0 Å². The van der Waals surface area contributed by atoms with Crippen molar-refractivity contribution in [3.8, 4) is 0 Å². The molecule has 0 bridgehead atoms. The standard InChI is InChI=1S/C12H18N2O4S/c1-8(2)14(4)19(17,18)13-11-9(3)6-5-7-10(11)12(15)16/h5-8,13H,1-4H3,(H,15,16). The molecule has 0 atom stereocenters. The van der Waals surface area contributed by atoms with Crippen molar-refractivity contribution < 1.29 is 18.3 Å². The van der Waals surface area contributed by atoms with Gasteiger partial charge in [-0.05, 0) is 32.4 Å². The number of anilines is 1. The third-order valence-electron chi connectivity index (χ3n) is 2.84. The Hall–Kier alpha value is -1.60. The van der Waals surface area contributed by atoms with Crippen LogP contribution in [0.5, 0.6) is 0 Å². The average Bonchev–Trinajstić information content (AvgIpc) is 2.30. The fraction of sp³-hybridized carbons (Fsp3) is 0.417. The molecule has 7 heteroatoms. The number of hydrogen-bond donors (Lipinski definition) is 2. The molecule has 1 aromatic rings. The number of rotatable bonds is 5. The highest BCUT2D eigenvalue weighted by atomic mass is 32.2. The number of carbonyl (C=O) groups is 1. The summed E-state index contributed by atoms with van der Waals surface area (Å²) in [5, 5.41) is 9.09. The Kier molecular flexibility index (Phi) is 4.54. The number of hydrogen-bond acceptors (Lipinski definition) is 3. The smallest absolute Gasteiger partial charge is 0.337 e. The van der Waals surface area contributed by atoms with Crippen LogP contribution in [0.25, 0.3) is 0 Å². The van der Waals surface area contributed by atoms with Crippen LogP contribution in [-0.4, -0.2) is 36.9 Å². The zero-order valence-electron chi connectivity index (χ0n) is 11.3. The predicted octanol–water partition coefficient (Wildman–Crippen LogP) is 1.69. The van der Waals surface area contributed by atoms with E-state index in [9.17, 15) is 13.2 Å². The molecule has 0 radical (unpaired) electrons. The second-order valence-electron chi connectivity index (χ2n) is 4.52. The van der Waals surface area contributed by atoms with Gasteiger partial charge in [0.2, 0.25) is 0 Å². The van der Waals surface area contributed by atoms with Gasteiger partial charge in [-0.3, -0.25) is 4.72 Å². The molecule has 2 N–H and O–H groups in total. The molecule has 0 spiro atoms. The molecule has 106 valence electrons. The highest BCUT2D eigenvalue weighted by molar-refractivity contribution is 7.90. The van der Waals surface area contributed by atoms with Crippen molar-refractivity contribution in [3.63, 3.8) is 0 Å². The van der Waals surface area contributed by atoms with E-state index >= 15 is 0 Å². The minimum Gasteiger partial charge on any atom is -0.478 e. The zero-order chi connectivity index (χ0) is 14.8. The molecule has 0 aromatic heterocycles. The van der Waals surface area contributed by atoms with Crippen molar-refractivity contribution >= 4 is 21.9 Å². The summed E-state index contributed by atoms with van der Waals surface area (Å²) in [6, 6.07) is 4.36. The van der Waals surface area contributed by atoms with Gasteiger partial charge < -0.3 is 5.11 Å². The molecule has 0 heterocycles. The Labute approximate surface area is 113 Å². The number of aryl methyl sites for hydroxylation is 1. The lowest BCUT2D eigenvalue weighted by molar-refractivity contribution is 0.0698. The van der Waals surface area contributed by atoms with Crippen LogP contribution >= 0.6 is 0 Å². The van der Waals surface area contributed by atoms with Gasteiger partial charge in [0.05, 0.1) is 11.3 Å². The lowest BCUT2D eigenvalue weighted by Crippen LogP contribution is -2.37. The molecule has 0 aliphatic rings. The van der Waals surface area contributed by atoms with Crippen LogP contribution in [0.15, 0.2) is 18.2 Å². The van der Waals surface area contributed by atoms with Crippen molar-refractivity contribution in [2.24, 2.45) is 0 Å². The summed E-state index contributed by atoms with van der Waals surface area (Å²) in [5.74, 6) is -1.17. The number of carboxylic acids is 1. The van der Waals surface area contributed by atoms with Gasteiger partial charge in [-0.1, -0.05) is 12.1 Å². The first-order valence-corrected chi connectivity index (χ1v) is 7.19. The molecular formula is C12H18N2O4S. The first-order chi connectivity index (χ1) is 8.66. The van der Waals surface area contributed by atoms with Gasteiger partial charge in [-0.25, -0.2) is 4.79 Å². The van der Waals surface area contributed by atoms with Gasteiger partial charge in [0, 0.05) is 13.1 Å². The van der Waals surface area contributed by atoms with Gasteiger partial charge in [0.15, 0.2) is 0 Å². The van der Waals surface area contributed by atoms with E-state index in [4.69, 9.17) is 5.11 Å². The van der Waals surface area contributed by atoms with Crippen molar-refractivity contribution in [1.82, 2.24) is 4.31 Å². The van der Waals surface area contributed by atoms with E-state index in [0.717, 1.165) is 4.31 Å². The summed E-state index contributed by atoms with van der Waals surface area (Å²) in [6.45, 7) is 5.12. The minimum atomic E-state index is -3.77. The van der Waals surface area contributed by atoms with Gasteiger partial charge in [0.1, 0.15) is 0 Å². The summed E-state index contributed by atoms with van der Waals surface area (Å²) in [6.07, 6.45) is 0. The quantitative estimate of drug-likeness (QED) is 0.862. The SMILES string of the molecule is Cc1cccc(C(=O)O)c1NS(=O)(=O)N(C)C(C)C. The molecule has 6 nitrogen and oxygen atoms in total. The molecule has 1 aromatic carbocycles. The average molecular weight is 286 g/mol. The molecule has 0 saturated heterocycles. The van der Waals surface area contributed by atoms with Gasteiger partial charge in [0.25, 0.3) is 0 Å². The Morgan fingerprint density at radius 2 is 1.95 bits per heavy atom. The summed E-state index contributed by atoms with van der Waals surface area (Å²) in [4.78, 5) is 11.1. The van der Waals surface area contributed by atoms with Crippen LogP contribution < -0.4 is 4.72 Å². The molecule has 0 aliphatic carbocycles. The summed E-state index contributed by atoms with van der Waals surface area (Å²) in [7, 11) is -2.33. The molecule has 0 unspecified atom stereocenters. The summed E-state index contributed by atoms with van der Waals surface area (Å²) in [5.41, 5.74) is 0.587. The van der Waals surface area contributed by atoms with E-state index in [0.29, 0.717) is 5.56 Å². The monoisotopic (exact) mass is 286 g/mol. The van der Waals surface area contributed by atoms with Crippen LogP contribution in [0.2, 0.25) is 0 Å². The number of para-hydroxylation sites is 1. The maximum atomic E-state index is 12.1. The summed E-state index contributed by atoms with van der Waals surface area (Å²) >= 11 is 0. The Morgan fingerprint density at radius 3 is 2.42 bits per heavy atom. The molecule has 0 saturated carbocycles. The largest absolute Gasteiger partial charge is 0.478 e. The van der Waals surface area contributed by atoms with E-state index < -0.39 is 16.2 Å². The maximum absolute atomic E-state index is 12.1. The lowest BCUT2D eigenvalue weighted by atomic mass is 10.1. The first-order valence-electron chi connectivity index (χ1n) is 5.75. The Balaban J connectivity index is 3.23.